The molecule has 9 heteroatoms. The average molecular weight is 301 g/mol. The van der Waals surface area contributed by atoms with Crippen molar-refractivity contribution in [1.29, 1.82) is 0 Å². The molecule has 1 saturated heterocycles. The van der Waals surface area contributed by atoms with E-state index in [0.717, 1.165) is 12.1 Å². The zero-order valence-electron chi connectivity index (χ0n) is 10.9. The van der Waals surface area contributed by atoms with Gasteiger partial charge in [0, 0.05) is 18.7 Å². The van der Waals surface area contributed by atoms with Gasteiger partial charge in [-0.3, -0.25) is 10.1 Å². The summed E-state index contributed by atoms with van der Waals surface area (Å²) in [7, 11) is -3.73. The Balaban J connectivity index is 2.39. The molecule has 20 heavy (non-hydrogen) atoms. The first-order chi connectivity index (χ1) is 9.34. The van der Waals surface area contributed by atoms with Crippen molar-refractivity contribution in [2.75, 3.05) is 25.5 Å². The Bertz CT molecular complexity index is 631. The highest BCUT2D eigenvalue weighted by Gasteiger charge is 2.32. The number of nitro benzene ring substituents is 1. The van der Waals surface area contributed by atoms with E-state index in [1.54, 1.807) is 6.92 Å². The van der Waals surface area contributed by atoms with Crippen LogP contribution in [-0.4, -0.2) is 43.4 Å². The van der Waals surface area contributed by atoms with Crippen molar-refractivity contribution in [1.82, 2.24) is 4.31 Å². The molecular formula is C11H15N3O5S. The summed E-state index contributed by atoms with van der Waals surface area (Å²) < 4.78 is 31.5. The summed E-state index contributed by atoms with van der Waals surface area (Å²) in [5, 5.41) is 10.7. The number of ether oxygens (including phenoxy) is 1. The third kappa shape index (κ3) is 2.60. The summed E-state index contributed by atoms with van der Waals surface area (Å²) in [4.78, 5) is 9.99. The first-order valence-corrected chi connectivity index (χ1v) is 7.41. The summed E-state index contributed by atoms with van der Waals surface area (Å²) in [6.07, 6.45) is 0. The normalized spacial score (nSPS) is 20.8. The van der Waals surface area contributed by atoms with E-state index in [0.29, 0.717) is 13.2 Å². The maximum Gasteiger partial charge on any atom is 0.292 e. The van der Waals surface area contributed by atoms with Gasteiger partial charge in [0.15, 0.2) is 0 Å². The number of benzene rings is 1. The quantitative estimate of drug-likeness (QED) is 0.496. The molecule has 0 bridgehead atoms. The number of hydrogen-bond donors (Lipinski definition) is 1. The fourth-order valence-corrected chi connectivity index (χ4v) is 3.70. The van der Waals surface area contributed by atoms with Crippen molar-refractivity contribution in [2.24, 2.45) is 0 Å². The number of nitro groups is 1. The van der Waals surface area contributed by atoms with Gasteiger partial charge in [-0.25, -0.2) is 8.42 Å². The molecule has 2 N–H and O–H groups in total. The van der Waals surface area contributed by atoms with E-state index in [4.69, 9.17) is 10.5 Å². The topological polar surface area (TPSA) is 116 Å². The van der Waals surface area contributed by atoms with E-state index < -0.39 is 14.9 Å². The molecule has 1 aromatic rings. The number of anilines is 1. The van der Waals surface area contributed by atoms with Gasteiger partial charge in [-0.15, -0.1) is 0 Å². The van der Waals surface area contributed by atoms with E-state index in [9.17, 15) is 18.5 Å². The van der Waals surface area contributed by atoms with Crippen LogP contribution in [-0.2, 0) is 14.8 Å². The van der Waals surface area contributed by atoms with Crippen molar-refractivity contribution < 1.29 is 18.1 Å². The van der Waals surface area contributed by atoms with Crippen molar-refractivity contribution in [3.05, 3.63) is 28.3 Å². The number of nitrogens with zero attached hydrogens (tertiary/aromatic N) is 2. The Morgan fingerprint density at radius 3 is 2.75 bits per heavy atom. The Hall–Kier alpha value is -1.71. The molecular weight excluding hydrogens is 286 g/mol. The molecule has 110 valence electrons. The highest BCUT2D eigenvalue weighted by Crippen LogP contribution is 2.27. The zero-order valence-corrected chi connectivity index (χ0v) is 11.7. The second-order valence-corrected chi connectivity index (χ2v) is 6.41. The van der Waals surface area contributed by atoms with Crippen LogP contribution in [0.25, 0.3) is 0 Å². The molecule has 1 aliphatic rings. The van der Waals surface area contributed by atoms with E-state index in [-0.39, 0.29) is 28.9 Å². The van der Waals surface area contributed by atoms with Crippen LogP contribution < -0.4 is 5.73 Å². The van der Waals surface area contributed by atoms with E-state index in [1.807, 2.05) is 0 Å². The maximum atomic E-state index is 12.5. The summed E-state index contributed by atoms with van der Waals surface area (Å²) in [5.41, 5.74) is 5.06. The molecule has 0 saturated carbocycles. The second-order valence-electron chi connectivity index (χ2n) is 4.52. The number of sulfonamides is 1. The van der Waals surface area contributed by atoms with Crippen LogP contribution in [0.5, 0.6) is 0 Å². The minimum absolute atomic E-state index is 0.0469. The van der Waals surface area contributed by atoms with Crippen molar-refractivity contribution in [3.8, 4) is 0 Å². The number of nitrogens with two attached hydrogens (primary N) is 1. The lowest BCUT2D eigenvalue weighted by molar-refractivity contribution is -0.383. The van der Waals surface area contributed by atoms with Crippen molar-refractivity contribution in [2.45, 2.75) is 17.9 Å². The summed E-state index contributed by atoms with van der Waals surface area (Å²) >= 11 is 0. The molecule has 1 unspecified atom stereocenters. The molecule has 0 aliphatic carbocycles. The Morgan fingerprint density at radius 1 is 1.50 bits per heavy atom. The van der Waals surface area contributed by atoms with Crippen LogP contribution in [0, 0.1) is 10.1 Å². The summed E-state index contributed by atoms with van der Waals surface area (Å²) in [6, 6.07) is 3.14. The number of rotatable bonds is 3. The molecule has 0 radical (unpaired) electrons. The number of morpholine rings is 1. The molecule has 1 fully saturated rings. The monoisotopic (exact) mass is 301 g/mol. The van der Waals surface area contributed by atoms with E-state index in [2.05, 4.69) is 0 Å². The average Bonchev–Trinajstić information content (AvgIpc) is 2.38. The molecule has 1 atom stereocenters. The molecule has 2 rings (SSSR count). The Kier molecular flexibility index (Phi) is 3.93. The SMILES string of the molecule is CC1COCCN1S(=O)(=O)c1ccc([N+](=O)[O-])c(N)c1. The third-order valence-electron chi connectivity index (χ3n) is 3.11. The zero-order chi connectivity index (χ0) is 14.9. The van der Waals surface area contributed by atoms with Crippen LogP contribution in [0.4, 0.5) is 11.4 Å². The van der Waals surface area contributed by atoms with E-state index in [1.165, 1.54) is 10.4 Å². The first-order valence-electron chi connectivity index (χ1n) is 5.97. The fraction of sp³-hybridized carbons (Fsp3) is 0.455. The molecule has 0 spiro atoms. The van der Waals surface area contributed by atoms with Crippen LogP contribution >= 0.6 is 0 Å². The fourth-order valence-electron chi connectivity index (χ4n) is 2.06. The third-order valence-corrected chi connectivity index (χ3v) is 5.12. The van der Waals surface area contributed by atoms with Crippen LogP contribution in [0.1, 0.15) is 6.92 Å². The Labute approximate surface area is 116 Å². The van der Waals surface area contributed by atoms with Gasteiger partial charge in [-0.05, 0) is 19.1 Å². The van der Waals surface area contributed by atoms with Gasteiger partial charge in [-0.2, -0.15) is 4.31 Å². The molecule has 0 amide bonds. The summed E-state index contributed by atoms with van der Waals surface area (Å²) in [6.45, 7) is 2.64. The standard InChI is InChI=1S/C11H15N3O5S/c1-8-7-19-5-4-13(8)20(17,18)9-2-3-11(14(15)16)10(12)6-9/h2-3,6,8H,4-5,7,12H2,1H3. The lowest BCUT2D eigenvalue weighted by Crippen LogP contribution is -2.46. The van der Waals surface area contributed by atoms with Gasteiger partial charge in [-0.1, -0.05) is 0 Å². The molecule has 1 aliphatic heterocycles. The van der Waals surface area contributed by atoms with Crippen molar-refractivity contribution in [3.63, 3.8) is 0 Å². The van der Waals surface area contributed by atoms with Gasteiger partial charge in [0.1, 0.15) is 5.69 Å². The first kappa shape index (κ1) is 14.7. The minimum atomic E-state index is -3.73. The molecule has 1 aromatic carbocycles. The van der Waals surface area contributed by atoms with Crippen molar-refractivity contribution >= 4 is 21.4 Å². The molecule has 0 aromatic heterocycles. The minimum Gasteiger partial charge on any atom is -0.393 e. The highest BCUT2D eigenvalue weighted by molar-refractivity contribution is 7.89. The molecule has 8 nitrogen and oxygen atoms in total. The highest BCUT2D eigenvalue weighted by atomic mass is 32.2. The smallest absolute Gasteiger partial charge is 0.292 e. The summed E-state index contributed by atoms with van der Waals surface area (Å²) in [5.74, 6) is 0. The lowest BCUT2D eigenvalue weighted by Gasteiger charge is -2.32. The van der Waals surface area contributed by atoms with Crippen LogP contribution in [0.2, 0.25) is 0 Å². The second kappa shape index (κ2) is 5.35. The largest absolute Gasteiger partial charge is 0.393 e. The number of nitrogen functional groups attached to an aromatic ring is 1. The van der Waals surface area contributed by atoms with Gasteiger partial charge < -0.3 is 10.5 Å². The maximum absolute atomic E-state index is 12.5. The van der Waals surface area contributed by atoms with Gasteiger partial charge >= 0.3 is 0 Å². The Morgan fingerprint density at radius 2 is 2.20 bits per heavy atom. The molecule has 1 heterocycles. The predicted octanol–water partition coefficient (Wildman–Crippen LogP) is 0.586. The van der Waals surface area contributed by atoms with Crippen LogP contribution in [0.15, 0.2) is 23.1 Å². The van der Waals surface area contributed by atoms with E-state index >= 15 is 0 Å². The van der Waals surface area contributed by atoms with Gasteiger partial charge in [0.05, 0.1) is 23.0 Å². The van der Waals surface area contributed by atoms with Gasteiger partial charge in [0.25, 0.3) is 5.69 Å². The van der Waals surface area contributed by atoms with Crippen LogP contribution in [0.3, 0.4) is 0 Å². The number of hydrogen-bond acceptors (Lipinski definition) is 6. The predicted molar refractivity (Wildman–Crippen MR) is 71.7 cm³/mol. The van der Waals surface area contributed by atoms with Gasteiger partial charge in [0.2, 0.25) is 10.0 Å². The lowest BCUT2D eigenvalue weighted by atomic mass is 10.3.